The molecular weight excluding hydrogens is 669 g/mol. The van der Waals surface area contributed by atoms with Gasteiger partial charge in [-0.25, -0.2) is 0 Å². The Labute approximate surface area is 337 Å². The van der Waals surface area contributed by atoms with E-state index in [1.165, 1.54) is 135 Å². The smallest absolute Gasteiger partial charge is 0.309 e. The number of unbranched alkanes of at least 4 members (excludes halogenated alkanes) is 19. The van der Waals surface area contributed by atoms with Gasteiger partial charge in [-0.1, -0.05) is 174 Å². The van der Waals surface area contributed by atoms with Crippen LogP contribution >= 0.6 is 0 Å². The van der Waals surface area contributed by atoms with E-state index in [1.807, 2.05) is 0 Å². The first-order valence-electron chi connectivity index (χ1n) is 23.6. The van der Waals surface area contributed by atoms with Gasteiger partial charge in [0, 0.05) is 6.54 Å². The Hall–Kier alpha value is -1.66. The molecule has 0 rings (SSSR count). The van der Waals surface area contributed by atoms with Gasteiger partial charge in [0.05, 0.1) is 12.3 Å². The van der Waals surface area contributed by atoms with Crippen molar-refractivity contribution in [2.24, 2.45) is 5.92 Å². The number of ether oxygens (including phenoxy) is 2. The Bertz CT molecular complexity index is 840. The van der Waals surface area contributed by atoms with Gasteiger partial charge in [0.25, 0.3) is 0 Å². The van der Waals surface area contributed by atoms with Crippen LogP contribution in [0.15, 0.2) is 24.3 Å². The monoisotopic (exact) mass is 761 g/mol. The van der Waals surface area contributed by atoms with Crippen molar-refractivity contribution >= 4 is 11.9 Å². The number of nitrogens with zero attached hydrogens (tertiary/aromatic N) is 2. The van der Waals surface area contributed by atoms with Gasteiger partial charge in [0.15, 0.2) is 0 Å². The third kappa shape index (κ3) is 36.0. The fourth-order valence-corrected chi connectivity index (χ4v) is 7.18. The number of esters is 2. The van der Waals surface area contributed by atoms with E-state index in [0.717, 1.165) is 77.8 Å². The van der Waals surface area contributed by atoms with E-state index in [4.69, 9.17) is 9.47 Å². The fraction of sp³-hybridized carbons (Fsp3) is 0.875. The molecule has 318 valence electrons. The number of rotatable bonds is 42. The lowest BCUT2D eigenvalue weighted by Crippen LogP contribution is -2.32. The number of hydrogen-bond acceptors (Lipinski definition) is 6. The van der Waals surface area contributed by atoms with Gasteiger partial charge in [0.2, 0.25) is 0 Å². The number of carbonyl (C=O) groups excluding carboxylic acids is 2. The van der Waals surface area contributed by atoms with Crippen molar-refractivity contribution in [3.05, 3.63) is 24.3 Å². The van der Waals surface area contributed by atoms with Crippen LogP contribution in [0.3, 0.4) is 0 Å². The second kappa shape index (κ2) is 42.5. The quantitative estimate of drug-likeness (QED) is 0.0351. The predicted molar refractivity (Wildman–Crippen MR) is 234 cm³/mol. The van der Waals surface area contributed by atoms with Crippen LogP contribution < -0.4 is 0 Å². The van der Waals surface area contributed by atoms with Gasteiger partial charge in [-0.2, -0.15) is 0 Å². The van der Waals surface area contributed by atoms with E-state index in [-0.39, 0.29) is 31.1 Å². The molecule has 0 aliphatic rings. The molecule has 0 N–H and O–H groups in total. The highest BCUT2D eigenvalue weighted by molar-refractivity contribution is 5.72. The summed E-state index contributed by atoms with van der Waals surface area (Å²) in [6.45, 7) is 17.6. The molecule has 0 aliphatic carbocycles. The van der Waals surface area contributed by atoms with E-state index < -0.39 is 0 Å². The summed E-state index contributed by atoms with van der Waals surface area (Å²) in [6, 6.07) is 0. The Morgan fingerprint density at radius 1 is 0.463 bits per heavy atom. The molecule has 0 saturated heterocycles. The van der Waals surface area contributed by atoms with Gasteiger partial charge in [0.1, 0.15) is 13.2 Å². The van der Waals surface area contributed by atoms with Crippen molar-refractivity contribution in [1.82, 2.24) is 9.80 Å². The summed E-state index contributed by atoms with van der Waals surface area (Å²) < 4.78 is 11.2. The highest BCUT2D eigenvalue weighted by Crippen LogP contribution is 2.21. The molecule has 54 heavy (non-hydrogen) atoms. The van der Waals surface area contributed by atoms with Crippen LogP contribution in [0.2, 0.25) is 0 Å². The molecule has 0 bridgehead atoms. The number of allylic oxidation sites excluding steroid dienone is 4. The van der Waals surface area contributed by atoms with Crippen LogP contribution in [-0.4, -0.2) is 74.2 Å². The van der Waals surface area contributed by atoms with Gasteiger partial charge in [-0.3, -0.25) is 9.59 Å². The molecule has 0 aromatic carbocycles. The highest BCUT2D eigenvalue weighted by Gasteiger charge is 2.20. The molecule has 0 fully saturated rings. The third-order valence-corrected chi connectivity index (χ3v) is 10.9. The zero-order chi connectivity index (χ0) is 39.6. The first kappa shape index (κ1) is 52.3. The van der Waals surface area contributed by atoms with E-state index in [9.17, 15) is 9.59 Å². The Kier molecular flexibility index (Phi) is 41.2. The van der Waals surface area contributed by atoms with E-state index >= 15 is 0 Å². The normalized spacial score (nSPS) is 12.0. The van der Waals surface area contributed by atoms with Crippen LogP contribution in [0.25, 0.3) is 0 Å². The van der Waals surface area contributed by atoms with Crippen molar-refractivity contribution < 1.29 is 19.1 Å². The second-order valence-corrected chi connectivity index (χ2v) is 15.8. The molecule has 0 radical (unpaired) electrons. The number of carbonyl (C=O) groups is 2. The molecular formula is C48H92N2O4. The lowest BCUT2D eigenvalue weighted by molar-refractivity contribution is -0.155. The summed E-state index contributed by atoms with van der Waals surface area (Å²) in [7, 11) is 0. The average molecular weight is 761 g/mol. The van der Waals surface area contributed by atoms with Crippen LogP contribution in [0.1, 0.15) is 214 Å². The molecule has 0 unspecified atom stereocenters. The van der Waals surface area contributed by atoms with Crippen molar-refractivity contribution in [2.45, 2.75) is 214 Å². The summed E-state index contributed by atoms with van der Waals surface area (Å²) in [5.41, 5.74) is 0. The minimum atomic E-state index is -0.187. The van der Waals surface area contributed by atoms with E-state index in [1.54, 1.807) is 0 Å². The summed E-state index contributed by atoms with van der Waals surface area (Å²) in [6.07, 6.45) is 42.5. The second-order valence-electron chi connectivity index (χ2n) is 15.8. The van der Waals surface area contributed by atoms with Crippen LogP contribution in [-0.2, 0) is 19.1 Å². The maximum atomic E-state index is 13.0. The Morgan fingerprint density at radius 2 is 0.907 bits per heavy atom. The fourth-order valence-electron chi connectivity index (χ4n) is 7.18. The Balaban J connectivity index is 4.48. The summed E-state index contributed by atoms with van der Waals surface area (Å²) >= 11 is 0. The summed E-state index contributed by atoms with van der Waals surface area (Å²) in [4.78, 5) is 30.7. The van der Waals surface area contributed by atoms with Crippen molar-refractivity contribution in [1.29, 1.82) is 0 Å². The van der Waals surface area contributed by atoms with Crippen molar-refractivity contribution in [3.63, 3.8) is 0 Å². The first-order chi connectivity index (χ1) is 26.5. The number of hydrogen-bond donors (Lipinski definition) is 0. The molecule has 0 amide bonds. The van der Waals surface area contributed by atoms with Crippen LogP contribution in [0.4, 0.5) is 0 Å². The molecule has 0 saturated carbocycles. The largest absolute Gasteiger partial charge is 0.462 e. The zero-order valence-corrected chi connectivity index (χ0v) is 36.9. The van der Waals surface area contributed by atoms with Crippen molar-refractivity contribution in [2.75, 3.05) is 52.5 Å². The highest BCUT2D eigenvalue weighted by atomic mass is 16.6. The van der Waals surface area contributed by atoms with Crippen LogP contribution in [0.5, 0.6) is 0 Å². The maximum absolute atomic E-state index is 13.0. The van der Waals surface area contributed by atoms with E-state index in [2.05, 4.69) is 68.7 Å². The van der Waals surface area contributed by atoms with Gasteiger partial charge >= 0.3 is 11.9 Å². The lowest BCUT2D eigenvalue weighted by atomic mass is 9.94. The average Bonchev–Trinajstić information content (AvgIpc) is 3.18. The maximum Gasteiger partial charge on any atom is 0.309 e. The van der Waals surface area contributed by atoms with Gasteiger partial charge in [-0.15, -0.1) is 0 Å². The minimum Gasteiger partial charge on any atom is -0.462 e. The van der Waals surface area contributed by atoms with Gasteiger partial charge < -0.3 is 19.3 Å². The Morgan fingerprint density at radius 3 is 1.48 bits per heavy atom. The van der Waals surface area contributed by atoms with E-state index in [0.29, 0.717) is 6.42 Å². The molecule has 0 spiro atoms. The van der Waals surface area contributed by atoms with Gasteiger partial charge in [-0.05, 0) is 90.5 Å². The molecule has 6 heteroatoms. The minimum absolute atomic E-state index is 0.0255. The molecule has 0 heterocycles. The SMILES string of the molecule is CCCCC/C=C\C/C=C\CCCCCCCCN(CCCN(CC)CC)CCC(=O)OCCOC(=O)C(CCCCCCCC)CCCCCCCC. The first-order valence-corrected chi connectivity index (χ1v) is 23.6. The van der Waals surface area contributed by atoms with Crippen molar-refractivity contribution in [3.8, 4) is 0 Å². The van der Waals surface area contributed by atoms with Crippen LogP contribution in [0, 0.1) is 5.92 Å². The third-order valence-electron chi connectivity index (χ3n) is 10.9. The molecule has 0 aliphatic heterocycles. The lowest BCUT2D eigenvalue weighted by Gasteiger charge is -2.24. The molecule has 6 nitrogen and oxygen atoms in total. The summed E-state index contributed by atoms with van der Waals surface area (Å²) in [5, 5.41) is 0. The molecule has 0 aromatic heterocycles. The summed E-state index contributed by atoms with van der Waals surface area (Å²) in [5.74, 6) is -0.309. The topological polar surface area (TPSA) is 59.1 Å². The standard InChI is InChI=1S/C48H92N2O4/c1-6-11-14-17-20-21-22-23-24-25-26-27-28-29-32-35-40-50(42-36-41-49(9-4)10-5)43-39-47(51)53-44-45-54-48(52)46(37-33-30-18-15-12-7-2)38-34-31-19-16-13-8-3/h20-21,23-24,46H,6-19,22,25-45H2,1-5H3/b21-20-,24-23-. The predicted octanol–water partition coefficient (Wildman–Crippen LogP) is 13.4. The molecule has 0 aromatic rings. The molecule has 0 atom stereocenters. The zero-order valence-electron chi connectivity index (χ0n) is 36.9.